The van der Waals surface area contributed by atoms with Crippen LogP contribution in [0.15, 0.2) is 60.0 Å². The van der Waals surface area contributed by atoms with Gasteiger partial charge >= 0.3 is 6.03 Å². The van der Waals surface area contributed by atoms with Crippen molar-refractivity contribution in [2.75, 3.05) is 19.5 Å². The lowest BCUT2D eigenvalue weighted by molar-refractivity contribution is 0.256. The molecule has 11 heteroatoms. The Morgan fingerprint density at radius 2 is 1.78 bits per heavy atom. The van der Waals surface area contributed by atoms with Gasteiger partial charge < -0.3 is 9.47 Å². The molecule has 0 saturated carbocycles. The van der Waals surface area contributed by atoms with Crippen LogP contribution in [0.4, 0.5) is 10.7 Å². The molecule has 2 amide bonds. The highest BCUT2D eigenvalue weighted by Crippen LogP contribution is 2.25. The first-order chi connectivity index (χ1) is 15.2. The maximum Gasteiger partial charge on any atom is 0.335 e. The van der Waals surface area contributed by atoms with Crippen molar-refractivity contribution in [2.24, 2.45) is 0 Å². The Bertz CT molecular complexity index is 1260. The molecule has 0 bridgehead atoms. The van der Waals surface area contributed by atoms with E-state index in [4.69, 9.17) is 21.1 Å². The number of ether oxygens (including phenoxy) is 2. The van der Waals surface area contributed by atoms with Gasteiger partial charge in [0.1, 0.15) is 10.6 Å². The van der Waals surface area contributed by atoms with Crippen LogP contribution in [-0.4, -0.2) is 38.6 Å². The number of hydrogen-bond acceptors (Lipinski definition) is 7. The van der Waals surface area contributed by atoms with Gasteiger partial charge in [0.15, 0.2) is 0 Å². The van der Waals surface area contributed by atoms with Crippen molar-refractivity contribution in [1.82, 2.24) is 14.7 Å². The normalized spacial score (nSPS) is 10.8. The van der Waals surface area contributed by atoms with Gasteiger partial charge in [-0.05, 0) is 42.0 Å². The highest BCUT2D eigenvalue weighted by atomic mass is 35.5. The van der Waals surface area contributed by atoms with Crippen LogP contribution in [0.1, 0.15) is 5.56 Å². The second-order valence-corrected chi connectivity index (χ2v) is 8.36. The third-order valence-corrected chi connectivity index (χ3v) is 6.04. The number of sulfonamides is 1. The van der Waals surface area contributed by atoms with Gasteiger partial charge in [0.25, 0.3) is 10.0 Å². The Labute approximate surface area is 190 Å². The molecule has 2 N–H and O–H groups in total. The predicted octanol–water partition coefficient (Wildman–Crippen LogP) is 3.97. The molecule has 166 valence electrons. The lowest BCUT2D eigenvalue weighted by Gasteiger charge is -2.11. The van der Waals surface area contributed by atoms with E-state index in [-0.39, 0.29) is 21.7 Å². The molecule has 0 radical (unpaired) electrons. The van der Waals surface area contributed by atoms with E-state index in [0.29, 0.717) is 22.6 Å². The number of benzene rings is 2. The van der Waals surface area contributed by atoms with E-state index in [1.807, 2.05) is 4.72 Å². The number of methoxy groups -OCH3 is 2. The minimum atomic E-state index is -4.27. The zero-order chi connectivity index (χ0) is 23.3. The van der Waals surface area contributed by atoms with Crippen molar-refractivity contribution in [3.63, 3.8) is 0 Å². The first-order valence-electron chi connectivity index (χ1n) is 9.09. The van der Waals surface area contributed by atoms with E-state index in [0.717, 1.165) is 0 Å². The summed E-state index contributed by atoms with van der Waals surface area (Å²) in [6, 6.07) is 11.8. The third kappa shape index (κ3) is 5.34. The summed E-state index contributed by atoms with van der Waals surface area (Å²) in [5.41, 5.74) is 1.67. The largest absolute Gasteiger partial charge is 0.497 e. The van der Waals surface area contributed by atoms with E-state index in [2.05, 4.69) is 21.9 Å². The molecule has 9 nitrogen and oxygen atoms in total. The maximum absolute atomic E-state index is 12.6. The fourth-order valence-corrected chi connectivity index (χ4v) is 4.10. The van der Waals surface area contributed by atoms with Gasteiger partial charge in [-0.15, -0.1) is 0 Å². The molecule has 0 aliphatic carbocycles. The summed E-state index contributed by atoms with van der Waals surface area (Å²) in [7, 11) is -1.31. The Kier molecular flexibility index (Phi) is 6.96. The number of aromatic nitrogens is 2. The zero-order valence-corrected chi connectivity index (χ0v) is 18.7. The number of carbonyl (C=O) groups is 1. The lowest BCUT2D eigenvalue weighted by Crippen LogP contribution is -2.35. The smallest absolute Gasteiger partial charge is 0.335 e. The van der Waals surface area contributed by atoms with Crippen LogP contribution < -0.4 is 19.5 Å². The lowest BCUT2D eigenvalue weighted by atomic mass is 10.1. The standard InChI is InChI=1S/C21H19ClN4O5S/c1-4-13-5-10-16(22)18(11-13)32(28,29)26-21(27)25-20-23-17(12-19(24-20)31-3)14-6-8-15(30-2)9-7-14/h4-12H,1H2,2-3H3,(H2,23,24,25,26,27). The monoisotopic (exact) mass is 474 g/mol. The first kappa shape index (κ1) is 23.0. The zero-order valence-electron chi connectivity index (χ0n) is 17.1. The van der Waals surface area contributed by atoms with Crippen molar-refractivity contribution in [3.8, 4) is 22.9 Å². The fraction of sp³-hybridized carbons (Fsp3) is 0.0952. The summed E-state index contributed by atoms with van der Waals surface area (Å²) in [5, 5.41) is 2.26. The SMILES string of the molecule is C=Cc1ccc(Cl)c(S(=O)(=O)NC(=O)Nc2nc(OC)cc(-c3ccc(OC)cc3)n2)c1. The molecule has 0 fully saturated rings. The molecule has 0 aliphatic rings. The van der Waals surface area contributed by atoms with Crippen LogP contribution >= 0.6 is 11.6 Å². The summed E-state index contributed by atoms with van der Waals surface area (Å²) in [6.45, 7) is 3.59. The van der Waals surface area contributed by atoms with Crippen LogP contribution in [0.2, 0.25) is 5.02 Å². The van der Waals surface area contributed by atoms with Gasteiger partial charge in [-0.3, -0.25) is 5.32 Å². The molecule has 1 aromatic heterocycles. The molecular weight excluding hydrogens is 456 g/mol. The van der Waals surface area contributed by atoms with Crippen LogP contribution in [0.25, 0.3) is 17.3 Å². The van der Waals surface area contributed by atoms with E-state index in [9.17, 15) is 13.2 Å². The summed E-state index contributed by atoms with van der Waals surface area (Å²) in [5.74, 6) is 0.677. The minimum absolute atomic E-state index is 0.0460. The third-order valence-electron chi connectivity index (χ3n) is 4.23. The maximum atomic E-state index is 12.6. The summed E-state index contributed by atoms with van der Waals surface area (Å²) in [6.07, 6.45) is 1.46. The molecule has 0 aliphatic heterocycles. The highest BCUT2D eigenvalue weighted by Gasteiger charge is 2.22. The number of anilines is 1. The topological polar surface area (TPSA) is 120 Å². The minimum Gasteiger partial charge on any atom is -0.497 e. The van der Waals surface area contributed by atoms with Crippen molar-refractivity contribution in [3.05, 3.63) is 65.7 Å². The van der Waals surface area contributed by atoms with E-state index < -0.39 is 16.1 Å². The Hall–Kier alpha value is -3.63. The van der Waals surface area contributed by atoms with E-state index in [1.54, 1.807) is 43.5 Å². The van der Waals surface area contributed by atoms with Gasteiger partial charge in [0.05, 0.1) is 24.9 Å². The Morgan fingerprint density at radius 3 is 2.41 bits per heavy atom. The van der Waals surface area contributed by atoms with Crippen LogP contribution in [-0.2, 0) is 10.0 Å². The fourth-order valence-electron chi connectivity index (χ4n) is 2.65. The highest BCUT2D eigenvalue weighted by molar-refractivity contribution is 7.90. The summed E-state index contributed by atoms with van der Waals surface area (Å²) < 4.78 is 37.4. The molecule has 0 atom stereocenters. The van der Waals surface area contributed by atoms with Crippen molar-refractivity contribution in [2.45, 2.75) is 4.90 Å². The molecule has 3 aromatic rings. The average Bonchev–Trinajstić information content (AvgIpc) is 2.78. The molecule has 0 spiro atoms. The first-order valence-corrected chi connectivity index (χ1v) is 10.9. The van der Waals surface area contributed by atoms with Crippen LogP contribution in [0, 0.1) is 0 Å². The van der Waals surface area contributed by atoms with Crippen molar-refractivity contribution >= 4 is 39.7 Å². The second kappa shape index (κ2) is 9.67. The number of rotatable bonds is 7. The number of nitrogens with one attached hydrogen (secondary N) is 2. The summed E-state index contributed by atoms with van der Waals surface area (Å²) >= 11 is 6.00. The van der Waals surface area contributed by atoms with Gasteiger partial charge in [-0.2, -0.15) is 4.98 Å². The van der Waals surface area contributed by atoms with Crippen LogP contribution in [0.3, 0.4) is 0 Å². The van der Waals surface area contributed by atoms with Gasteiger partial charge in [0, 0.05) is 11.6 Å². The molecule has 0 unspecified atom stereocenters. The second-order valence-electron chi connectivity index (χ2n) is 6.30. The quantitative estimate of drug-likeness (QED) is 0.531. The van der Waals surface area contributed by atoms with Gasteiger partial charge in [0.2, 0.25) is 11.8 Å². The van der Waals surface area contributed by atoms with Crippen molar-refractivity contribution in [1.29, 1.82) is 0 Å². The van der Waals surface area contributed by atoms with Gasteiger partial charge in [-0.25, -0.2) is 22.9 Å². The number of urea groups is 1. The molecule has 0 saturated heterocycles. The number of hydrogen-bond donors (Lipinski definition) is 2. The number of carbonyl (C=O) groups excluding carboxylic acids is 1. The Morgan fingerprint density at radius 1 is 1.06 bits per heavy atom. The van der Waals surface area contributed by atoms with Crippen molar-refractivity contribution < 1.29 is 22.7 Å². The molecule has 1 heterocycles. The number of amides is 2. The molecule has 2 aromatic carbocycles. The Balaban J connectivity index is 1.84. The van der Waals surface area contributed by atoms with Gasteiger partial charge in [-0.1, -0.05) is 30.3 Å². The number of nitrogens with zero attached hydrogens (tertiary/aromatic N) is 2. The molecular formula is C21H19ClN4O5S. The summed E-state index contributed by atoms with van der Waals surface area (Å²) in [4.78, 5) is 20.4. The van der Waals surface area contributed by atoms with Crippen LogP contribution in [0.5, 0.6) is 11.6 Å². The van der Waals surface area contributed by atoms with E-state index in [1.165, 1.54) is 25.3 Å². The predicted molar refractivity (Wildman–Crippen MR) is 121 cm³/mol. The van der Waals surface area contributed by atoms with E-state index >= 15 is 0 Å². The average molecular weight is 475 g/mol. The molecule has 32 heavy (non-hydrogen) atoms. The number of halogens is 1. The molecule has 3 rings (SSSR count).